The summed E-state index contributed by atoms with van der Waals surface area (Å²) in [6.45, 7) is 4.99. The number of hydrogen-bond acceptors (Lipinski definition) is 6. The zero-order valence-electron chi connectivity index (χ0n) is 15.5. The number of halogens is 1. The first-order valence-corrected chi connectivity index (χ1v) is 10.2. The Morgan fingerprint density at radius 1 is 1.21 bits per heavy atom. The van der Waals surface area contributed by atoms with Gasteiger partial charge in [-0.3, -0.25) is 14.4 Å². The molecule has 0 atom stereocenters. The summed E-state index contributed by atoms with van der Waals surface area (Å²) in [5, 5.41) is 11.2. The van der Waals surface area contributed by atoms with E-state index in [1.54, 1.807) is 20.8 Å². The van der Waals surface area contributed by atoms with Crippen LogP contribution in [0.1, 0.15) is 29.8 Å². The second-order valence-electron chi connectivity index (χ2n) is 5.76. The van der Waals surface area contributed by atoms with Gasteiger partial charge in [0, 0.05) is 18.7 Å². The number of esters is 1. The number of nitro groups is 1. The molecule has 0 N–H and O–H groups in total. The molecule has 0 aromatic heterocycles. The molecule has 0 aliphatic heterocycles. The van der Waals surface area contributed by atoms with Gasteiger partial charge in [-0.25, -0.2) is 13.2 Å². The van der Waals surface area contributed by atoms with Crippen molar-refractivity contribution in [1.82, 2.24) is 0 Å². The third kappa shape index (κ3) is 4.26. The summed E-state index contributed by atoms with van der Waals surface area (Å²) in [7, 11) is -4.12. The quantitative estimate of drug-likeness (QED) is 0.377. The lowest BCUT2D eigenvalue weighted by Crippen LogP contribution is -2.31. The molecule has 0 saturated carbocycles. The first-order chi connectivity index (χ1) is 13.1. The van der Waals surface area contributed by atoms with E-state index in [1.165, 1.54) is 30.3 Å². The first-order valence-electron chi connectivity index (χ1n) is 8.37. The predicted octanol–water partition coefficient (Wildman–Crippen LogP) is 3.95. The average Bonchev–Trinajstić information content (AvgIpc) is 2.63. The van der Waals surface area contributed by atoms with Gasteiger partial charge in [0.2, 0.25) is 0 Å². The van der Waals surface area contributed by atoms with E-state index in [1.807, 2.05) is 0 Å². The number of sulfonamides is 1. The van der Waals surface area contributed by atoms with E-state index in [0.717, 1.165) is 10.4 Å². The molecule has 0 saturated heterocycles. The monoisotopic (exact) mass is 426 g/mol. The van der Waals surface area contributed by atoms with Crippen molar-refractivity contribution in [2.45, 2.75) is 25.7 Å². The molecular weight excluding hydrogens is 408 g/mol. The summed E-state index contributed by atoms with van der Waals surface area (Å²) in [6, 6.07) is 7.83. The Morgan fingerprint density at radius 3 is 2.46 bits per heavy atom. The summed E-state index contributed by atoms with van der Waals surface area (Å²) in [6.07, 6.45) is 0. The highest BCUT2D eigenvalue weighted by Crippen LogP contribution is 2.31. The highest BCUT2D eigenvalue weighted by molar-refractivity contribution is 7.92. The van der Waals surface area contributed by atoms with E-state index >= 15 is 0 Å². The summed E-state index contributed by atoms with van der Waals surface area (Å²) < 4.78 is 32.4. The predicted molar refractivity (Wildman–Crippen MR) is 105 cm³/mol. The van der Waals surface area contributed by atoms with Crippen LogP contribution in [-0.4, -0.2) is 32.5 Å². The van der Waals surface area contributed by atoms with E-state index in [0.29, 0.717) is 5.56 Å². The van der Waals surface area contributed by atoms with Crippen LogP contribution in [-0.2, 0) is 14.8 Å². The van der Waals surface area contributed by atoms with Gasteiger partial charge in [0.25, 0.3) is 15.7 Å². The van der Waals surface area contributed by atoms with Crippen LogP contribution in [0.4, 0.5) is 11.4 Å². The Hall–Kier alpha value is -2.65. The smallest absolute Gasteiger partial charge is 0.339 e. The number of rotatable bonds is 7. The minimum absolute atomic E-state index is 0.0328. The molecule has 0 bridgehead atoms. The van der Waals surface area contributed by atoms with Gasteiger partial charge in [-0.05, 0) is 44.5 Å². The largest absolute Gasteiger partial charge is 0.462 e. The van der Waals surface area contributed by atoms with Gasteiger partial charge in [0.05, 0.1) is 32.7 Å². The molecule has 0 aliphatic carbocycles. The van der Waals surface area contributed by atoms with Gasteiger partial charge in [-0.15, -0.1) is 0 Å². The maximum atomic E-state index is 13.2. The van der Waals surface area contributed by atoms with Crippen molar-refractivity contribution in [2.24, 2.45) is 0 Å². The molecule has 0 radical (unpaired) electrons. The molecule has 28 heavy (non-hydrogen) atoms. The molecule has 0 amide bonds. The highest BCUT2D eigenvalue weighted by atomic mass is 35.5. The summed E-state index contributed by atoms with van der Waals surface area (Å²) in [5.41, 5.74) is 0.262. The molecule has 0 aliphatic rings. The maximum Gasteiger partial charge on any atom is 0.339 e. The molecule has 0 heterocycles. The van der Waals surface area contributed by atoms with Crippen molar-refractivity contribution >= 4 is 39.0 Å². The fourth-order valence-electron chi connectivity index (χ4n) is 2.62. The molecule has 150 valence electrons. The third-order valence-corrected chi connectivity index (χ3v) is 6.35. The Balaban J connectivity index is 2.59. The number of benzene rings is 2. The lowest BCUT2D eigenvalue weighted by Gasteiger charge is -2.24. The number of carbonyl (C=O) groups is 1. The third-order valence-electron chi connectivity index (χ3n) is 3.97. The van der Waals surface area contributed by atoms with E-state index < -0.39 is 20.9 Å². The van der Waals surface area contributed by atoms with Crippen molar-refractivity contribution in [3.05, 3.63) is 62.7 Å². The molecule has 0 unspecified atom stereocenters. The standard InChI is InChI=1S/C18H19ClN2O6S/c1-4-20(13-8-9-16(19)15(10-13)18(22)27-5-2)28(25,26)17-11-14(21(23)24)7-6-12(17)3/h6-11H,4-5H2,1-3H3. The van der Waals surface area contributed by atoms with Crippen molar-refractivity contribution in [3.8, 4) is 0 Å². The Labute approximate surface area is 167 Å². The summed E-state index contributed by atoms with van der Waals surface area (Å²) in [5.74, 6) is -0.672. The number of aryl methyl sites for hydroxylation is 1. The number of nitrogens with zero attached hydrogens (tertiary/aromatic N) is 2. The molecule has 2 rings (SSSR count). The Morgan fingerprint density at radius 2 is 1.89 bits per heavy atom. The molecule has 10 heteroatoms. The van der Waals surface area contributed by atoms with Gasteiger partial charge in [0.15, 0.2) is 0 Å². The number of anilines is 1. The maximum absolute atomic E-state index is 13.2. The topological polar surface area (TPSA) is 107 Å². The molecule has 0 spiro atoms. The van der Waals surface area contributed by atoms with E-state index in [-0.39, 0.29) is 40.0 Å². The van der Waals surface area contributed by atoms with Crippen molar-refractivity contribution in [1.29, 1.82) is 0 Å². The van der Waals surface area contributed by atoms with Crippen LogP contribution < -0.4 is 4.31 Å². The van der Waals surface area contributed by atoms with Crippen molar-refractivity contribution < 1.29 is 22.9 Å². The molecular formula is C18H19ClN2O6S. The van der Waals surface area contributed by atoms with Crippen molar-refractivity contribution in [3.63, 3.8) is 0 Å². The van der Waals surface area contributed by atoms with Crippen LogP contribution in [0, 0.1) is 17.0 Å². The molecule has 2 aromatic carbocycles. The van der Waals surface area contributed by atoms with Gasteiger partial charge in [-0.1, -0.05) is 17.7 Å². The lowest BCUT2D eigenvalue weighted by molar-refractivity contribution is -0.385. The normalized spacial score (nSPS) is 11.1. The fourth-order valence-corrected chi connectivity index (χ4v) is 4.53. The van der Waals surface area contributed by atoms with Crippen LogP contribution in [0.5, 0.6) is 0 Å². The van der Waals surface area contributed by atoms with Crippen LogP contribution in [0.2, 0.25) is 5.02 Å². The molecule has 0 fully saturated rings. The van der Waals surface area contributed by atoms with Crippen LogP contribution in [0.25, 0.3) is 0 Å². The number of ether oxygens (including phenoxy) is 1. The fraction of sp³-hybridized carbons (Fsp3) is 0.278. The van der Waals surface area contributed by atoms with Crippen LogP contribution >= 0.6 is 11.6 Å². The highest BCUT2D eigenvalue weighted by Gasteiger charge is 2.28. The van der Waals surface area contributed by atoms with Crippen LogP contribution in [0.15, 0.2) is 41.3 Å². The van der Waals surface area contributed by atoms with Crippen LogP contribution in [0.3, 0.4) is 0 Å². The Bertz CT molecular complexity index is 1020. The van der Waals surface area contributed by atoms with E-state index in [9.17, 15) is 23.3 Å². The minimum atomic E-state index is -4.12. The minimum Gasteiger partial charge on any atom is -0.462 e. The summed E-state index contributed by atoms with van der Waals surface area (Å²) >= 11 is 6.04. The van der Waals surface area contributed by atoms with E-state index in [2.05, 4.69) is 0 Å². The van der Waals surface area contributed by atoms with Gasteiger partial charge < -0.3 is 4.74 Å². The molecule has 8 nitrogen and oxygen atoms in total. The zero-order chi connectivity index (χ0) is 21.1. The second-order valence-corrected chi connectivity index (χ2v) is 8.00. The summed E-state index contributed by atoms with van der Waals surface area (Å²) in [4.78, 5) is 22.3. The van der Waals surface area contributed by atoms with Gasteiger partial charge in [-0.2, -0.15) is 0 Å². The Kier molecular flexibility index (Phi) is 6.63. The lowest BCUT2D eigenvalue weighted by atomic mass is 10.2. The number of hydrogen-bond donors (Lipinski definition) is 0. The number of non-ortho nitro benzene ring substituents is 1. The van der Waals surface area contributed by atoms with Crippen molar-refractivity contribution in [2.75, 3.05) is 17.5 Å². The van der Waals surface area contributed by atoms with E-state index in [4.69, 9.17) is 16.3 Å². The van der Waals surface area contributed by atoms with Gasteiger partial charge in [0.1, 0.15) is 0 Å². The zero-order valence-corrected chi connectivity index (χ0v) is 17.1. The second kappa shape index (κ2) is 8.57. The average molecular weight is 427 g/mol. The SMILES string of the molecule is CCOC(=O)c1cc(N(CC)S(=O)(=O)c2cc([N+](=O)[O-])ccc2C)ccc1Cl. The van der Waals surface area contributed by atoms with Gasteiger partial charge >= 0.3 is 5.97 Å². The number of carbonyl (C=O) groups excluding carboxylic acids is 1. The number of nitro benzene ring substituents is 1. The molecule has 2 aromatic rings. The first kappa shape index (κ1) is 21.6.